The van der Waals surface area contributed by atoms with Gasteiger partial charge in [-0.05, 0) is 52.7 Å². The molecule has 3 heteroatoms. The van der Waals surface area contributed by atoms with Gasteiger partial charge in [0.25, 0.3) is 0 Å². The Bertz CT molecular complexity index is 568. The molecule has 2 aromatic rings. The molecule has 2 aromatic carbocycles. The van der Waals surface area contributed by atoms with Crippen LogP contribution in [0.4, 0.5) is 0 Å². The van der Waals surface area contributed by atoms with Crippen molar-refractivity contribution >= 4 is 27.7 Å². The van der Waals surface area contributed by atoms with Crippen LogP contribution >= 0.6 is 27.7 Å². The van der Waals surface area contributed by atoms with Gasteiger partial charge in [0.05, 0.1) is 0 Å². The third-order valence-electron chi connectivity index (χ3n) is 3.68. The summed E-state index contributed by atoms with van der Waals surface area (Å²) in [6.45, 7) is 4.47. The van der Waals surface area contributed by atoms with Crippen LogP contribution in [0.5, 0.6) is 0 Å². The lowest BCUT2D eigenvalue weighted by Crippen LogP contribution is -2.25. The lowest BCUT2D eigenvalue weighted by molar-refractivity contribution is 0.589. The van der Waals surface area contributed by atoms with Crippen LogP contribution in [0.1, 0.15) is 31.0 Å². The summed E-state index contributed by atoms with van der Waals surface area (Å²) in [5.41, 5.74) is 2.74. The van der Waals surface area contributed by atoms with Crippen LogP contribution in [-0.2, 0) is 6.42 Å². The van der Waals surface area contributed by atoms with Gasteiger partial charge in [0.15, 0.2) is 0 Å². The first-order chi connectivity index (χ1) is 10.2. The van der Waals surface area contributed by atoms with Crippen molar-refractivity contribution in [2.24, 2.45) is 0 Å². The molecule has 0 aliphatic rings. The van der Waals surface area contributed by atoms with Crippen molar-refractivity contribution in [2.75, 3.05) is 7.05 Å². The summed E-state index contributed by atoms with van der Waals surface area (Å²) in [6.07, 6.45) is 1.09. The van der Waals surface area contributed by atoms with Crippen LogP contribution in [0.15, 0.2) is 57.9 Å². The zero-order valence-corrected chi connectivity index (χ0v) is 15.2. The monoisotopic (exact) mass is 363 g/mol. The Morgan fingerprint density at radius 2 is 1.76 bits per heavy atom. The Balaban J connectivity index is 2.14. The van der Waals surface area contributed by atoms with Crippen LogP contribution in [0.2, 0.25) is 0 Å². The second kappa shape index (κ2) is 8.02. The summed E-state index contributed by atoms with van der Waals surface area (Å²) in [5.74, 6) is 0. The van der Waals surface area contributed by atoms with Gasteiger partial charge in [-0.2, -0.15) is 0 Å². The standard InChI is InChI=1S/C18H22BrNS/c1-4-14-9-11-15(12-10-14)18(20-3)13(2)21-17-8-6-5-7-16(17)19/h5-13,18,20H,4H2,1-3H3. The number of nitrogens with one attached hydrogen (secondary N) is 1. The summed E-state index contributed by atoms with van der Waals surface area (Å²) < 4.78 is 1.16. The van der Waals surface area contributed by atoms with Gasteiger partial charge in [0.1, 0.15) is 0 Å². The van der Waals surface area contributed by atoms with Gasteiger partial charge in [-0.25, -0.2) is 0 Å². The number of halogens is 1. The number of benzene rings is 2. The van der Waals surface area contributed by atoms with E-state index in [4.69, 9.17) is 0 Å². The molecule has 0 saturated carbocycles. The zero-order valence-electron chi connectivity index (χ0n) is 12.8. The van der Waals surface area contributed by atoms with E-state index in [-0.39, 0.29) is 0 Å². The fourth-order valence-electron chi connectivity index (χ4n) is 2.44. The number of aryl methyl sites for hydroxylation is 1. The first-order valence-electron chi connectivity index (χ1n) is 7.33. The van der Waals surface area contributed by atoms with E-state index in [0.717, 1.165) is 10.9 Å². The quantitative estimate of drug-likeness (QED) is 0.684. The van der Waals surface area contributed by atoms with Crippen LogP contribution in [-0.4, -0.2) is 12.3 Å². The van der Waals surface area contributed by atoms with Gasteiger partial charge in [-0.3, -0.25) is 0 Å². The topological polar surface area (TPSA) is 12.0 Å². The van der Waals surface area contributed by atoms with Crippen LogP contribution in [0.3, 0.4) is 0 Å². The molecule has 0 bridgehead atoms. The van der Waals surface area contributed by atoms with Gasteiger partial charge in [-0.15, -0.1) is 11.8 Å². The maximum absolute atomic E-state index is 3.63. The smallest absolute Gasteiger partial charge is 0.0439 e. The maximum atomic E-state index is 3.63. The predicted octanol–water partition coefficient (Wildman–Crippen LogP) is 5.45. The normalized spacial score (nSPS) is 13.9. The molecular weight excluding hydrogens is 342 g/mol. The Hall–Kier alpha value is -0.770. The van der Waals surface area contributed by atoms with Gasteiger partial charge < -0.3 is 5.32 Å². The highest BCUT2D eigenvalue weighted by molar-refractivity contribution is 9.10. The average molecular weight is 364 g/mol. The van der Waals surface area contributed by atoms with Crippen molar-refractivity contribution in [1.82, 2.24) is 5.32 Å². The molecule has 0 spiro atoms. The molecule has 0 aromatic heterocycles. The molecule has 112 valence electrons. The van der Waals surface area contributed by atoms with Gasteiger partial charge >= 0.3 is 0 Å². The van der Waals surface area contributed by atoms with Crippen molar-refractivity contribution in [1.29, 1.82) is 0 Å². The molecule has 1 N–H and O–H groups in total. The predicted molar refractivity (Wildman–Crippen MR) is 97.1 cm³/mol. The summed E-state index contributed by atoms with van der Waals surface area (Å²) in [6, 6.07) is 17.7. The molecule has 0 aliphatic carbocycles. The minimum atomic E-state index is 0.341. The molecule has 2 rings (SSSR count). The number of thioether (sulfide) groups is 1. The second-order valence-electron chi connectivity index (χ2n) is 5.11. The molecule has 1 nitrogen and oxygen atoms in total. The third-order valence-corrected chi connectivity index (χ3v) is 5.88. The highest BCUT2D eigenvalue weighted by Crippen LogP contribution is 2.35. The maximum Gasteiger partial charge on any atom is 0.0439 e. The minimum Gasteiger partial charge on any atom is -0.312 e. The summed E-state index contributed by atoms with van der Waals surface area (Å²) in [7, 11) is 2.04. The Morgan fingerprint density at radius 3 is 2.33 bits per heavy atom. The summed E-state index contributed by atoms with van der Waals surface area (Å²) in [4.78, 5) is 1.29. The van der Waals surface area contributed by atoms with E-state index in [1.54, 1.807) is 0 Å². The molecule has 2 unspecified atom stereocenters. The molecule has 0 heterocycles. The van der Waals surface area contributed by atoms with Crippen LogP contribution in [0.25, 0.3) is 0 Å². The van der Waals surface area contributed by atoms with Crippen molar-refractivity contribution in [3.05, 3.63) is 64.1 Å². The zero-order chi connectivity index (χ0) is 15.2. The first-order valence-corrected chi connectivity index (χ1v) is 9.00. The molecule has 0 aliphatic heterocycles. The molecular formula is C18H22BrNS. The summed E-state index contributed by atoms with van der Waals surface area (Å²) in [5, 5.41) is 3.90. The third kappa shape index (κ3) is 4.35. The highest BCUT2D eigenvalue weighted by atomic mass is 79.9. The first kappa shape index (κ1) is 16.6. The van der Waals surface area contributed by atoms with Gasteiger partial charge in [0, 0.05) is 20.7 Å². The molecule has 21 heavy (non-hydrogen) atoms. The summed E-state index contributed by atoms with van der Waals surface area (Å²) >= 11 is 5.53. The lowest BCUT2D eigenvalue weighted by atomic mass is 10.0. The molecule has 0 saturated heterocycles. The molecule has 2 atom stereocenters. The molecule has 0 amide bonds. The molecule has 0 fully saturated rings. The largest absolute Gasteiger partial charge is 0.312 e. The highest BCUT2D eigenvalue weighted by Gasteiger charge is 2.19. The van der Waals surface area contributed by atoms with E-state index in [9.17, 15) is 0 Å². The Labute approximate surface area is 140 Å². The van der Waals surface area contributed by atoms with Gasteiger partial charge in [0.2, 0.25) is 0 Å². The van der Waals surface area contributed by atoms with Crippen molar-refractivity contribution in [3.63, 3.8) is 0 Å². The van der Waals surface area contributed by atoms with Gasteiger partial charge in [-0.1, -0.05) is 50.2 Å². The molecule has 0 radical (unpaired) electrons. The minimum absolute atomic E-state index is 0.341. The number of rotatable bonds is 6. The van der Waals surface area contributed by atoms with E-state index < -0.39 is 0 Å². The Kier molecular flexibility index (Phi) is 6.34. The Morgan fingerprint density at radius 1 is 1.10 bits per heavy atom. The van der Waals surface area contributed by atoms with Crippen molar-refractivity contribution < 1.29 is 0 Å². The van der Waals surface area contributed by atoms with E-state index >= 15 is 0 Å². The van der Waals surface area contributed by atoms with E-state index in [1.807, 2.05) is 18.8 Å². The van der Waals surface area contributed by atoms with Crippen molar-refractivity contribution in [3.8, 4) is 0 Å². The van der Waals surface area contributed by atoms with Crippen LogP contribution < -0.4 is 5.32 Å². The fourth-order valence-corrected chi connectivity index (χ4v) is 4.17. The average Bonchev–Trinajstić information content (AvgIpc) is 2.51. The van der Waals surface area contributed by atoms with E-state index in [1.165, 1.54) is 16.0 Å². The van der Waals surface area contributed by atoms with Crippen LogP contribution in [0, 0.1) is 0 Å². The second-order valence-corrected chi connectivity index (χ2v) is 7.39. The fraction of sp³-hybridized carbons (Fsp3) is 0.333. The SMILES string of the molecule is CCc1ccc(C(NC)C(C)Sc2ccccc2Br)cc1. The number of hydrogen-bond donors (Lipinski definition) is 1. The van der Waals surface area contributed by atoms with Crippen molar-refractivity contribution in [2.45, 2.75) is 36.5 Å². The lowest BCUT2D eigenvalue weighted by Gasteiger charge is -2.24. The van der Waals surface area contributed by atoms with E-state index in [2.05, 4.69) is 83.6 Å². The van der Waals surface area contributed by atoms with E-state index in [0.29, 0.717) is 11.3 Å². The number of hydrogen-bond acceptors (Lipinski definition) is 2.